The van der Waals surface area contributed by atoms with Gasteiger partial charge in [-0.05, 0) is 12.8 Å². The van der Waals surface area contributed by atoms with Crippen LogP contribution in [0.5, 0.6) is 0 Å². The molecule has 0 saturated carbocycles. The first-order chi connectivity index (χ1) is 12.3. The second kappa shape index (κ2) is 17.7. The van der Waals surface area contributed by atoms with Gasteiger partial charge in [0.05, 0.1) is 19.6 Å². The maximum Gasteiger partial charge on any atom is 1.00 e. The molecule has 0 saturated heterocycles. The minimum Gasteiger partial charge on any atom is -0.747 e. The Bertz CT molecular complexity index is 520. The van der Waals surface area contributed by atoms with E-state index in [0.717, 1.165) is 19.3 Å². The summed E-state index contributed by atoms with van der Waals surface area (Å²) in [6, 6.07) is 0. The first kappa shape index (κ1) is 28.8. The van der Waals surface area contributed by atoms with Gasteiger partial charge >= 0.3 is 41.5 Å². The third-order valence-electron chi connectivity index (χ3n) is 3.79. The molecule has 0 aliphatic heterocycles. The maximum atomic E-state index is 11.7. The van der Waals surface area contributed by atoms with Crippen molar-refractivity contribution in [2.24, 2.45) is 0 Å². The zero-order valence-electron chi connectivity index (χ0n) is 16.6. The fourth-order valence-corrected chi connectivity index (χ4v) is 2.92. The van der Waals surface area contributed by atoms with Gasteiger partial charge < -0.3 is 14.0 Å². The molecule has 0 rings (SSSR count). The standard InChI is InChI=1S/C18H32O7S.Na/c1-3-5-7-8-9-10-11-12-14-24-17(19)15-16(26(21,22)23)18(20)25-13-6-4-2;/h4,16H,2-3,5-15H2,1H3,(H,21,22,23);/q;+1/p-1. The molecule has 0 aromatic rings. The van der Waals surface area contributed by atoms with Crippen LogP contribution in [0.15, 0.2) is 12.7 Å². The Morgan fingerprint density at radius 3 is 2.07 bits per heavy atom. The summed E-state index contributed by atoms with van der Waals surface area (Å²) in [6.07, 6.45) is 9.63. The van der Waals surface area contributed by atoms with Gasteiger partial charge in [-0.2, -0.15) is 0 Å². The summed E-state index contributed by atoms with van der Waals surface area (Å²) < 4.78 is 43.1. The molecule has 0 aliphatic rings. The van der Waals surface area contributed by atoms with Crippen LogP contribution in [0.2, 0.25) is 0 Å². The van der Waals surface area contributed by atoms with Crippen molar-refractivity contribution in [1.82, 2.24) is 0 Å². The van der Waals surface area contributed by atoms with Gasteiger partial charge in [0.25, 0.3) is 0 Å². The Kier molecular flexibility index (Phi) is 18.8. The van der Waals surface area contributed by atoms with Gasteiger partial charge in [-0.15, -0.1) is 6.58 Å². The van der Waals surface area contributed by atoms with Crippen molar-refractivity contribution in [3.05, 3.63) is 12.7 Å². The number of hydrogen-bond donors (Lipinski definition) is 0. The van der Waals surface area contributed by atoms with Gasteiger partial charge in [0.1, 0.15) is 10.1 Å². The summed E-state index contributed by atoms with van der Waals surface area (Å²) in [6.45, 7) is 5.64. The summed E-state index contributed by atoms with van der Waals surface area (Å²) in [7, 11) is -5.00. The molecule has 0 spiro atoms. The van der Waals surface area contributed by atoms with Gasteiger partial charge in [0.15, 0.2) is 5.25 Å². The van der Waals surface area contributed by atoms with Crippen molar-refractivity contribution in [1.29, 1.82) is 0 Å². The van der Waals surface area contributed by atoms with Crippen molar-refractivity contribution in [2.75, 3.05) is 13.2 Å². The van der Waals surface area contributed by atoms with Crippen LogP contribution < -0.4 is 29.6 Å². The molecule has 0 radical (unpaired) electrons. The molecule has 7 nitrogen and oxygen atoms in total. The molecule has 0 heterocycles. The minimum absolute atomic E-state index is 0. The predicted molar refractivity (Wildman–Crippen MR) is 97.4 cm³/mol. The van der Waals surface area contributed by atoms with Crippen molar-refractivity contribution in [2.45, 2.75) is 76.4 Å². The summed E-state index contributed by atoms with van der Waals surface area (Å²) in [4.78, 5) is 23.4. The van der Waals surface area contributed by atoms with Crippen molar-refractivity contribution >= 4 is 22.1 Å². The van der Waals surface area contributed by atoms with E-state index in [4.69, 9.17) is 4.74 Å². The fraction of sp³-hybridized carbons (Fsp3) is 0.778. The van der Waals surface area contributed by atoms with Crippen LogP contribution in [0.1, 0.15) is 71.1 Å². The normalized spacial score (nSPS) is 11.9. The SMILES string of the molecule is C=CCCOC(=O)C(CC(=O)OCCCCCCCCCC)S(=O)(=O)[O-].[Na+]. The molecule has 1 unspecified atom stereocenters. The number of hydrogen-bond acceptors (Lipinski definition) is 7. The molecule has 0 aromatic carbocycles. The third kappa shape index (κ3) is 16.3. The van der Waals surface area contributed by atoms with Crippen molar-refractivity contribution in [3.63, 3.8) is 0 Å². The Hall–Kier alpha value is -0.410. The van der Waals surface area contributed by atoms with Crippen LogP contribution in [0.4, 0.5) is 0 Å². The van der Waals surface area contributed by atoms with Gasteiger partial charge in [0.2, 0.25) is 0 Å². The molecule has 152 valence electrons. The zero-order chi connectivity index (χ0) is 19.8. The van der Waals surface area contributed by atoms with E-state index in [1.807, 2.05) is 0 Å². The van der Waals surface area contributed by atoms with E-state index in [1.54, 1.807) is 0 Å². The van der Waals surface area contributed by atoms with Crippen molar-refractivity contribution in [3.8, 4) is 0 Å². The molecule has 0 aromatic heterocycles. The van der Waals surface area contributed by atoms with Crippen LogP contribution in [0, 0.1) is 0 Å². The quantitative estimate of drug-likeness (QED) is 0.116. The largest absolute Gasteiger partial charge is 1.00 e. The Balaban J connectivity index is 0. The van der Waals surface area contributed by atoms with E-state index in [2.05, 4.69) is 18.2 Å². The third-order valence-corrected chi connectivity index (χ3v) is 4.85. The summed E-state index contributed by atoms with van der Waals surface area (Å²) in [5, 5.41) is -2.07. The molecular formula is C18H31NaO7S. The average Bonchev–Trinajstić information content (AvgIpc) is 2.57. The van der Waals surface area contributed by atoms with E-state index < -0.39 is 33.7 Å². The number of ether oxygens (including phenoxy) is 2. The maximum absolute atomic E-state index is 11.7. The van der Waals surface area contributed by atoms with E-state index in [9.17, 15) is 22.6 Å². The van der Waals surface area contributed by atoms with Crippen LogP contribution in [-0.2, 0) is 29.2 Å². The smallest absolute Gasteiger partial charge is 0.747 e. The number of esters is 2. The van der Waals surface area contributed by atoms with E-state index in [-0.39, 0.29) is 42.8 Å². The Morgan fingerprint density at radius 1 is 1.00 bits per heavy atom. The van der Waals surface area contributed by atoms with Gasteiger partial charge in [-0.3, -0.25) is 9.59 Å². The summed E-state index contributed by atoms with van der Waals surface area (Å²) >= 11 is 0. The van der Waals surface area contributed by atoms with Crippen LogP contribution >= 0.6 is 0 Å². The first-order valence-corrected chi connectivity index (χ1v) is 10.7. The molecule has 0 fully saturated rings. The number of carbonyl (C=O) groups excluding carboxylic acids is 2. The van der Waals surface area contributed by atoms with Gasteiger partial charge in [-0.1, -0.05) is 57.9 Å². The molecule has 0 bridgehead atoms. The Morgan fingerprint density at radius 2 is 1.56 bits per heavy atom. The summed E-state index contributed by atoms with van der Waals surface area (Å²) in [5.41, 5.74) is 0. The molecule has 27 heavy (non-hydrogen) atoms. The zero-order valence-corrected chi connectivity index (χ0v) is 19.4. The van der Waals surface area contributed by atoms with E-state index in [0.29, 0.717) is 12.8 Å². The van der Waals surface area contributed by atoms with Crippen molar-refractivity contribution < 1.29 is 61.6 Å². The average molecular weight is 414 g/mol. The first-order valence-electron chi connectivity index (χ1n) is 9.20. The molecular weight excluding hydrogens is 383 g/mol. The minimum atomic E-state index is -5.00. The predicted octanol–water partition coefficient (Wildman–Crippen LogP) is 0.0975. The fourth-order valence-electron chi connectivity index (χ4n) is 2.27. The second-order valence-electron chi connectivity index (χ2n) is 6.13. The van der Waals surface area contributed by atoms with Gasteiger partial charge in [0, 0.05) is 0 Å². The molecule has 0 amide bonds. The number of rotatable bonds is 16. The topological polar surface area (TPSA) is 110 Å². The van der Waals surface area contributed by atoms with Crippen LogP contribution in [0.25, 0.3) is 0 Å². The van der Waals surface area contributed by atoms with Gasteiger partial charge in [-0.25, -0.2) is 8.42 Å². The second-order valence-corrected chi connectivity index (χ2v) is 7.68. The molecule has 0 N–H and O–H groups in total. The molecule has 0 aliphatic carbocycles. The Labute approximate surface area is 185 Å². The van der Waals surface area contributed by atoms with Crippen LogP contribution in [-0.4, -0.2) is 43.4 Å². The molecule has 9 heteroatoms. The summed E-state index contributed by atoms with van der Waals surface area (Å²) in [5.74, 6) is -2.12. The van der Waals surface area contributed by atoms with E-state index in [1.165, 1.54) is 31.8 Å². The number of unbranched alkanes of at least 4 members (excludes halogenated alkanes) is 7. The molecule has 1 atom stereocenters. The van der Waals surface area contributed by atoms with Crippen LogP contribution in [0.3, 0.4) is 0 Å². The number of carbonyl (C=O) groups is 2. The van der Waals surface area contributed by atoms with E-state index >= 15 is 0 Å². The monoisotopic (exact) mass is 414 g/mol.